The molecular formula is C60H38N2O. The minimum atomic E-state index is 0.682. The van der Waals surface area contributed by atoms with Gasteiger partial charge in [-0.25, -0.2) is 9.97 Å². The number of furan rings is 1. The van der Waals surface area contributed by atoms with Crippen molar-refractivity contribution >= 4 is 43.3 Å². The molecule has 0 N–H and O–H groups in total. The van der Waals surface area contributed by atoms with Crippen LogP contribution >= 0.6 is 0 Å². The van der Waals surface area contributed by atoms with Crippen molar-refractivity contribution in [1.29, 1.82) is 0 Å². The van der Waals surface area contributed by atoms with Gasteiger partial charge in [0.1, 0.15) is 11.3 Å². The molecule has 0 aliphatic carbocycles. The average Bonchev–Trinajstić information content (AvgIpc) is 3.81. The number of para-hydroxylation sites is 1. The van der Waals surface area contributed by atoms with Gasteiger partial charge in [-0.15, -0.1) is 0 Å². The highest BCUT2D eigenvalue weighted by molar-refractivity contribution is 6.27. The monoisotopic (exact) mass is 802 g/mol. The van der Waals surface area contributed by atoms with Crippen molar-refractivity contribution < 1.29 is 4.42 Å². The second-order valence-electron chi connectivity index (χ2n) is 16.1. The van der Waals surface area contributed by atoms with E-state index in [0.717, 1.165) is 61.5 Å². The van der Waals surface area contributed by atoms with Crippen molar-refractivity contribution in [3.63, 3.8) is 0 Å². The first-order chi connectivity index (χ1) is 31.2. The summed E-state index contributed by atoms with van der Waals surface area (Å²) in [4.78, 5) is 10.2. The first-order valence-corrected chi connectivity index (χ1v) is 21.4. The zero-order valence-electron chi connectivity index (χ0n) is 34.2. The number of benzene rings is 10. The molecule has 0 aliphatic heterocycles. The van der Waals surface area contributed by atoms with Crippen molar-refractivity contribution in [2.24, 2.45) is 0 Å². The van der Waals surface area contributed by atoms with E-state index in [-0.39, 0.29) is 0 Å². The Morgan fingerprint density at radius 3 is 1.52 bits per heavy atom. The van der Waals surface area contributed by atoms with Gasteiger partial charge in [-0.05, 0) is 90.0 Å². The maximum atomic E-state index is 6.24. The van der Waals surface area contributed by atoms with Crippen LogP contribution in [0.15, 0.2) is 235 Å². The molecule has 3 nitrogen and oxygen atoms in total. The third-order valence-electron chi connectivity index (χ3n) is 12.3. The fourth-order valence-electron chi connectivity index (χ4n) is 9.24. The summed E-state index contributed by atoms with van der Waals surface area (Å²) < 4.78 is 6.24. The van der Waals surface area contributed by atoms with E-state index in [1.54, 1.807) is 0 Å². The molecule has 0 saturated heterocycles. The maximum absolute atomic E-state index is 6.24. The summed E-state index contributed by atoms with van der Waals surface area (Å²) in [6.07, 6.45) is 0. The minimum Gasteiger partial charge on any atom is -0.456 e. The Labute approximate surface area is 365 Å². The van der Waals surface area contributed by atoms with Crippen LogP contribution in [0, 0.1) is 0 Å². The Morgan fingerprint density at radius 2 is 0.810 bits per heavy atom. The number of fused-ring (bicyclic) bond motifs is 5. The number of aromatic nitrogens is 2. The topological polar surface area (TPSA) is 38.9 Å². The highest BCUT2D eigenvalue weighted by atomic mass is 16.3. The highest BCUT2D eigenvalue weighted by Gasteiger charge is 2.19. The van der Waals surface area contributed by atoms with Crippen LogP contribution in [0.3, 0.4) is 0 Å². The number of rotatable bonds is 7. The molecule has 0 radical (unpaired) electrons. The third-order valence-corrected chi connectivity index (χ3v) is 12.3. The molecule has 0 spiro atoms. The Hall–Kier alpha value is -8.40. The quantitative estimate of drug-likeness (QED) is 0.119. The predicted octanol–water partition coefficient (Wildman–Crippen LogP) is 16.4. The lowest BCUT2D eigenvalue weighted by atomic mass is 9.84. The van der Waals surface area contributed by atoms with Gasteiger partial charge in [0.25, 0.3) is 0 Å². The van der Waals surface area contributed by atoms with E-state index in [4.69, 9.17) is 14.4 Å². The lowest BCUT2D eigenvalue weighted by molar-refractivity contribution is 0.631. The van der Waals surface area contributed by atoms with E-state index >= 15 is 0 Å². The van der Waals surface area contributed by atoms with Crippen LogP contribution in [0.2, 0.25) is 0 Å². The van der Waals surface area contributed by atoms with Crippen LogP contribution in [0.5, 0.6) is 0 Å². The molecule has 0 amide bonds. The van der Waals surface area contributed by atoms with Crippen LogP contribution in [0.25, 0.3) is 122 Å². The fraction of sp³-hybridized carbons (Fsp3) is 0. The maximum Gasteiger partial charge on any atom is 0.160 e. The SMILES string of the molecule is c1ccc(-c2nc(-c3ccc(-c4ccc(-c5c6ccccc6c(-c6ccccc6)c6c5ccc5ccccc56)cc4)cc3)cc(-c3cccc(-c4cc5ccccc5o4)c3)n2)cc1. The lowest BCUT2D eigenvalue weighted by Gasteiger charge is -2.19. The molecule has 0 bridgehead atoms. The van der Waals surface area contributed by atoms with E-state index in [9.17, 15) is 0 Å². The average molecular weight is 803 g/mol. The Kier molecular flexibility index (Phi) is 8.83. The molecule has 12 aromatic rings. The van der Waals surface area contributed by atoms with Crippen molar-refractivity contribution in [2.75, 3.05) is 0 Å². The van der Waals surface area contributed by atoms with Gasteiger partial charge in [0.05, 0.1) is 11.4 Å². The van der Waals surface area contributed by atoms with Gasteiger partial charge in [-0.2, -0.15) is 0 Å². The molecule has 0 aliphatic rings. The van der Waals surface area contributed by atoms with Crippen molar-refractivity contribution in [3.8, 4) is 78.6 Å². The molecular weight excluding hydrogens is 765 g/mol. The van der Waals surface area contributed by atoms with E-state index in [1.165, 1.54) is 54.6 Å². The molecule has 3 heteroatoms. The Balaban J connectivity index is 0.921. The minimum absolute atomic E-state index is 0.682. The fourth-order valence-corrected chi connectivity index (χ4v) is 9.24. The summed E-state index contributed by atoms with van der Waals surface area (Å²) in [6, 6.07) is 81.7. The zero-order valence-corrected chi connectivity index (χ0v) is 34.2. The van der Waals surface area contributed by atoms with Gasteiger partial charge in [-0.3, -0.25) is 0 Å². The van der Waals surface area contributed by atoms with Crippen LogP contribution in [0.4, 0.5) is 0 Å². The summed E-state index contributed by atoms with van der Waals surface area (Å²) >= 11 is 0. The molecule has 63 heavy (non-hydrogen) atoms. The number of nitrogens with zero attached hydrogens (tertiary/aromatic N) is 2. The zero-order chi connectivity index (χ0) is 41.7. The van der Waals surface area contributed by atoms with Gasteiger partial charge >= 0.3 is 0 Å². The van der Waals surface area contributed by atoms with Gasteiger partial charge in [-0.1, -0.05) is 206 Å². The third kappa shape index (κ3) is 6.55. The van der Waals surface area contributed by atoms with Crippen molar-refractivity contribution in [1.82, 2.24) is 9.97 Å². The van der Waals surface area contributed by atoms with Gasteiger partial charge in [0, 0.05) is 27.6 Å². The standard InChI is InChI=1S/C60H38N2O/c1-3-15-43(16-4-1)58-51-24-11-10-23-50(51)57(52-35-34-41-14-7-9-22-49(41)59(52)58)44-32-28-40(29-33-44)39-26-30-42(31-27-39)53-38-54(62-60(61-53)45-17-5-2-6-18-45)46-20-13-21-47(36-46)56-37-48-19-8-12-25-55(48)63-56/h1-38H. The molecule has 0 atom stereocenters. The van der Waals surface area contributed by atoms with E-state index in [0.29, 0.717) is 5.82 Å². The molecule has 2 aromatic heterocycles. The Bertz CT molecular complexity index is 3610. The second-order valence-corrected chi connectivity index (χ2v) is 16.1. The lowest BCUT2D eigenvalue weighted by Crippen LogP contribution is -1.96. The number of hydrogen-bond acceptors (Lipinski definition) is 3. The molecule has 2 heterocycles. The normalized spacial score (nSPS) is 11.5. The predicted molar refractivity (Wildman–Crippen MR) is 262 cm³/mol. The highest BCUT2D eigenvalue weighted by Crippen LogP contribution is 2.46. The summed E-state index contributed by atoms with van der Waals surface area (Å²) in [6.45, 7) is 0. The smallest absolute Gasteiger partial charge is 0.160 e. The summed E-state index contributed by atoms with van der Waals surface area (Å²) in [7, 11) is 0. The molecule has 10 aromatic carbocycles. The van der Waals surface area contributed by atoms with Gasteiger partial charge in [0.15, 0.2) is 5.82 Å². The van der Waals surface area contributed by atoms with Crippen molar-refractivity contribution in [3.05, 3.63) is 231 Å². The molecule has 0 saturated carbocycles. The van der Waals surface area contributed by atoms with Crippen molar-refractivity contribution in [2.45, 2.75) is 0 Å². The van der Waals surface area contributed by atoms with E-state index < -0.39 is 0 Å². The van der Waals surface area contributed by atoms with Crippen LogP contribution in [-0.2, 0) is 0 Å². The van der Waals surface area contributed by atoms with Crippen LogP contribution in [0.1, 0.15) is 0 Å². The first-order valence-electron chi connectivity index (χ1n) is 21.4. The molecule has 294 valence electrons. The molecule has 12 rings (SSSR count). The Morgan fingerprint density at radius 1 is 0.286 bits per heavy atom. The largest absolute Gasteiger partial charge is 0.456 e. The first kappa shape index (κ1) is 36.5. The van der Waals surface area contributed by atoms with Crippen LogP contribution < -0.4 is 0 Å². The van der Waals surface area contributed by atoms with E-state index in [2.05, 4.69) is 194 Å². The van der Waals surface area contributed by atoms with Gasteiger partial charge < -0.3 is 4.42 Å². The van der Waals surface area contributed by atoms with E-state index in [1.807, 2.05) is 36.4 Å². The number of hydrogen-bond donors (Lipinski definition) is 0. The second kappa shape index (κ2) is 15.3. The molecule has 0 fully saturated rings. The van der Waals surface area contributed by atoms with Crippen LogP contribution in [-0.4, -0.2) is 9.97 Å². The van der Waals surface area contributed by atoms with Gasteiger partial charge in [0.2, 0.25) is 0 Å². The molecule has 0 unspecified atom stereocenters. The summed E-state index contributed by atoms with van der Waals surface area (Å²) in [5.41, 5.74) is 13.8. The summed E-state index contributed by atoms with van der Waals surface area (Å²) in [5, 5.41) is 8.63. The summed E-state index contributed by atoms with van der Waals surface area (Å²) in [5.74, 6) is 1.51.